The summed E-state index contributed by atoms with van der Waals surface area (Å²) in [6, 6.07) is 7.85. The highest BCUT2D eigenvalue weighted by Gasteiger charge is 2.17. The molecule has 1 N–H and O–H groups in total. The standard InChI is InChI=1S/C14H18N4OS/c1-19-13-6-4-5-12(9-13)17-10-15-18(14(17)20)11-16-7-2-3-8-16/h4-6,9-10H,2-3,7-8,11H2,1H3/p+1. The van der Waals surface area contributed by atoms with E-state index in [2.05, 4.69) is 5.10 Å². The van der Waals surface area contributed by atoms with Gasteiger partial charge in [-0.2, -0.15) is 9.78 Å². The molecule has 3 rings (SSSR count). The fourth-order valence-corrected chi connectivity index (χ4v) is 2.89. The minimum absolute atomic E-state index is 0.734. The molecule has 0 radical (unpaired) electrons. The van der Waals surface area contributed by atoms with Gasteiger partial charge in [0.05, 0.1) is 25.9 Å². The second-order valence-corrected chi connectivity index (χ2v) is 5.46. The van der Waals surface area contributed by atoms with Gasteiger partial charge in [0.25, 0.3) is 0 Å². The second kappa shape index (κ2) is 5.76. The number of aromatic nitrogens is 3. The van der Waals surface area contributed by atoms with E-state index in [4.69, 9.17) is 17.0 Å². The lowest BCUT2D eigenvalue weighted by molar-refractivity contribution is -0.911. The molecule has 2 aromatic rings. The van der Waals surface area contributed by atoms with Gasteiger partial charge in [-0.25, -0.2) is 0 Å². The van der Waals surface area contributed by atoms with E-state index in [1.54, 1.807) is 18.3 Å². The lowest BCUT2D eigenvalue weighted by atomic mass is 10.3. The Bertz CT molecular complexity index is 643. The minimum Gasteiger partial charge on any atom is -0.497 e. The summed E-state index contributed by atoms with van der Waals surface area (Å²) in [6.45, 7) is 3.29. The van der Waals surface area contributed by atoms with Crippen LogP contribution in [0.4, 0.5) is 0 Å². The van der Waals surface area contributed by atoms with Crippen LogP contribution in [0.3, 0.4) is 0 Å². The maximum Gasteiger partial charge on any atom is 0.207 e. The highest BCUT2D eigenvalue weighted by atomic mass is 32.1. The number of ether oxygens (including phenoxy) is 1. The molecule has 1 aliphatic rings. The van der Waals surface area contributed by atoms with Gasteiger partial charge in [-0.3, -0.25) is 4.57 Å². The summed E-state index contributed by atoms with van der Waals surface area (Å²) in [4.78, 5) is 1.55. The van der Waals surface area contributed by atoms with Crippen molar-refractivity contribution in [2.24, 2.45) is 0 Å². The Morgan fingerprint density at radius 2 is 2.15 bits per heavy atom. The Morgan fingerprint density at radius 3 is 2.90 bits per heavy atom. The summed E-state index contributed by atoms with van der Waals surface area (Å²) < 4.78 is 9.82. The highest BCUT2D eigenvalue weighted by Crippen LogP contribution is 2.16. The van der Waals surface area contributed by atoms with Crippen molar-refractivity contribution in [1.29, 1.82) is 0 Å². The smallest absolute Gasteiger partial charge is 0.207 e. The molecule has 6 heteroatoms. The van der Waals surface area contributed by atoms with Crippen molar-refractivity contribution in [1.82, 2.24) is 14.3 Å². The van der Waals surface area contributed by atoms with Crippen molar-refractivity contribution in [2.75, 3.05) is 20.2 Å². The van der Waals surface area contributed by atoms with E-state index in [-0.39, 0.29) is 0 Å². The molecule has 0 atom stereocenters. The zero-order valence-corrected chi connectivity index (χ0v) is 12.4. The van der Waals surface area contributed by atoms with Crippen molar-refractivity contribution >= 4 is 12.2 Å². The number of quaternary nitrogens is 1. The summed E-state index contributed by atoms with van der Waals surface area (Å²) in [6.07, 6.45) is 4.39. The summed E-state index contributed by atoms with van der Waals surface area (Å²) in [5, 5.41) is 4.42. The second-order valence-electron chi connectivity index (χ2n) is 5.10. The van der Waals surface area contributed by atoms with Gasteiger partial charge in [0, 0.05) is 18.9 Å². The van der Waals surface area contributed by atoms with E-state index in [1.807, 2.05) is 33.5 Å². The van der Waals surface area contributed by atoms with Crippen molar-refractivity contribution in [2.45, 2.75) is 19.5 Å². The van der Waals surface area contributed by atoms with Gasteiger partial charge in [-0.15, -0.1) is 0 Å². The molecule has 0 aliphatic carbocycles. The van der Waals surface area contributed by atoms with Crippen LogP contribution in [0, 0.1) is 4.77 Å². The molecule has 1 aromatic carbocycles. The first kappa shape index (κ1) is 13.3. The molecule has 0 amide bonds. The zero-order valence-electron chi connectivity index (χ0n) is 11.6. The molecule has 1 fully saturated rings. The number of methoxy groups -OCH3 is 1. The zero-order chi connectivity index (χ0) is 13.9. The Balaban J connectivity index is 1.87. The summed E-state index contributed by atoms with van der Waals surface area (Å²) in [5.41, 5.74) is 0.983. The third-order valence-corrected chi connectivity index (χ3v) is 4.16. The first-order chi connectivity index (χ1) is 9.78. The van der Waals surface area contributed by atoms with Crippen LogP contribution < -0.4 is 9.64 Å². The van der Waals surface area contributed by atoms with Crippen LogP contribution in [0.1, 0.15) is 12.8 Å². The van der Waals surface area contributed by atoms with Crippen molar-refractivity contribution in [3.8, 4) is 11.4 Å². The molecule has 0 saturated carbocycles. The van der Waals surface area contributed by atoms with Crippen LogP contribution in [0.5, 0.6) is 5.75 Å². The van der Waals surface area contributed by atoms with Crippen molar-refractivity contribution in [3.05, 3.63) is 35.4 Å². The number of benzene rings is 1. The normalized spacial score (nSPS) is 15.7. The number of hydrogen-bond donors (Lipinski definition) is 1. The third-order valence-electron chi connectivity index (χ3n) is 3.75. The molecular weight excluding hydrogens is 272 g/mol. The molecule has 1 aromatic heterocycles. The van der Waals surface area contributed by atoms with Crippen LogP contribution in [0.25, 0.3) is 5.69 Å². The van der Waals surface area contributed by atoms with E-state index in [0.717, 1.165) is 22.9 Å². The SMILES string of the molecule is COc1cccc(-n2cnn(C[NH+]3CCCC3)c2=S)c1. The Kier molecular flexibility index (Phi) is 3.84. The van der Waals surface area contributed by atoms with E-state index in [1.165, 1.54) is 25.9 Å². The number of likely N-dealkylation sites (tertiary alicyclic amines) is 1. The molecule has 1 aliphatic heterocycles. The predicted molar refractivity (Wildman–Crippen MR) is 78.9 cm³/mol. The molecule has 0 unspecified atom stereocenters. The van der Waals surface area contributed by atoms with Crippen LogP contribution in [-0.2, 0) is 6.67 Å². The number of nitrogens with zero attached hydrogens (tertiary/aromatic N) is 3. The van der Waals surface area contributed by atoms with E-state index in [9.17, 15) is 0 Å². The molecular formula is C14H19N4OS+. The molecule has 20 heavy (non-hydrogen) atoms. The van der Waals surface area contributed by atoms with Crippen LogP contribution in [0.15, 0.2) is 30.6 Å². The molecule has 5 nitrogen and oxygen atoms in total. The van der Waals surface area contributed by atoms with Crippen molar-refractivity contribution in [3.63, 3.8) is 0 Å². The highest BCUT2D eigenvalue weighted by molar-refractivity contribution is 7.71. The summed E-state index contributed by atoms with van der Waals surface area (Å²) in [5.74, 6) is 0.822. The molecule has 1 saturated heterocycles. The lowest BCUT2D eigenvalue weighted by Crippen LogP contribution is -3.09. The molecule has 2 heterocycles. The van der Waals surface area contributed by atoms with E-state index >= 15 is 0 Å². The van der Waals surface area contributed by atoms with Gasteiger partial charge in [0.2, 0.25) is 4.77 Å². The molecule has 0 bridgehead atoms. The fraction of sp³-hybridized carbons (Fsp3) is 0.429. The predicted octanol–water partition coefficient (Wildman–Crippen LogP) is 1.05. The van der Waals surface area contributed by atoms with Crippen LogP contribution >= 0.6 is 12.2 Å². The maximum atomic E-state index is 5.53. The van der Waals surface area contributed by atoms with Crippen molar-refractivity contribution < 1.29 is 9.64 Å². The number of rotatable bonds is 4. The molecule has 106 valence electrons. The largest absolute Gasteiger partial charge is 0.497 e. The third kappa shape index (κ3) is 2.62. The van der Waals surface area contributed by atoms with E-state index < -0.39 is 0 Å². The number of hydrogen-bond acceptors (Lipinski definition) is 3. The number of nitrogens with one attached hydrogen (secondary N) is 1. The van der Waals surface area contributed by atoms with Gasteiger partial charge in [0.15, 0.2) is 6.67 Å². The Labute approximate surface area is 123 Å². The minimum atomic E-state index is 0.734. The molecule has 0 spiro atoms. The first-order valence-electron chi connectivity index (χ1n) is 6.90. The summed E-state index contributed by atoms with van der Waals surface area (Å²) >= 11 is 5.53. The van der Waals surface area contributed by atoms with Gasteiger partial charge in [-0.1, -0.05) is 6.07 Å². The Morgan fingerprint density at radius 1 is 1.35 bits per heavy atom. The average molecular weight is 291 g/mol. The topological polar surface area (TPSA) is 36.4 Å². The maximum absolute atomic E-state index is 5.53. The quantitative estimate of drug-likeness (QED) is 0.856. The van der Waals surface area contributed by atoms with Gasteiger partial charge in [-0.05, 0) is 24.4 Å². The van der Waals surface area contributed by atoms with E-state index in [0.29, 0.717) is 0 Å². The van der Waals surface area contributed by atoms with Gasteiger partial charge in [0.1, 0.15) is 12.1 Å². The van der Waals surface area contributed by atoms with Gasteiger partial charge < -0.3 is 9.64 Å². The van der Waals surface area contributed by atoms with Gasteiger partial charge >= 0.3 is 0 Å². The summed E-state index contributed by atoms with van der Waals surface area (Å²) in [7, 11) is 1.67. The Hall–Kier alpha value is -1.66. The lowest BCUT2D eigenvalue weighted by Gasteiger charge is -2.11. The first-order valence-corrected chi connectivity index (χ1v) is 7.31. The average Bonchev–Trinajstić information content (AvgIpc) is 3.11. The monoisotopic (exact) mass is 291 g/mol. The van der Waals surface area contributed by atoms with Crippen LogP contribution in [-0.4, -0.2) is 34.5 Å². The fourth-order valence-electron chi connectivity index (χ4n) is 2.63. The van der Waals surface area contributed by atoms with Crippen LogP contribution in [0.2, 0.25) is 0 Å².